The third-order valence-corrected chi connectivity index (χ3v) is 5.42. The number of amides is 1. The summed E-state index contributed by atoms with van der Waals surface area (Å²) in [6.07, 6.45) is 1.98. The van der Waals surface area contributed by atoms with Gasteiger partial charge in [-0.15, -0.1) is 10.2 Å². The Morgan fingerprint density at radius 1 is 1.19 bits per heavy atom. The molecule has 1 saturated carbocycles. The van der Waals surface area contributed by atoms with E-state index in [1.807, 2.05) is 31.2 Å². The van der Waals surface area contributed by atoms with E-state index in [4.69, 9.17) is 4.42 Å². The largest absolute Gasteiger partial charge is 0.411 e. The Kier molecular flexibility index (Phi) is 4.94. The molecule has 3 aromatic rings. The van der Waals surface area contributed by atoms with Crippen LogP contribution in [0.1, 0.15) is 29.2 Å². The molecule has 138 valence electrons. The Bertz CT molecular complexity index is 954. The normalized spacial score (nSPS) is 14.7. The zero-order chi connectivity index (χ0) is 18.8. The summed E-state index contributed by atoms with van der Waals surface area (Å²) < 4.78 is 19.1. The fourth-order valence-electron chi connectivity index (χ4n) is 2.69. The molecule has 0 saturated heterocycles. The SMILES string of the molecule is Cc1ccccc1-c1nnc(SC(C(=O)NC2CC2)c2ccc(F)cc2)o1. The van der Waals surface area contributed by atoms with Gasteiger partial charge >= 0.3 is 0 Å². The van der Waals surface area contributed by atoms with Crippen LogP contribution in [0.2, 0.25) is 0 Å². The fraction of sp³-hybridized carbons (Fsp3) is 0.250. The van der Waals surface area contributed by atoms with Gasteiger partial charge in [0.15, 0.2) is 0 Å². The first kappa shape index (κ1) is 17.7. The third kappa shape index (κ3) is 4.19. The monoisotopic (exact) mass is 383 g/mol. The third-order valence-electron chi connectivity index (χ3n) is 4.34. The van der Waals surface area contributed by atoms with E-state index in [1.165, 1.54) is 23.9 Å². The molecule has 1 aliphatic rings. The van der Waals surface area contributed by atoms with Gasteiger partial charge in [-0.1, -0.05) is 30.3 Å². The zero-order valence-corrected chi connectivity index (χ0v) is 15.5. The lowest BCUT2D eigenvalue weighted by Gasteiger charge is -2.14. The van der Waals surface area contributed by atoms with Crippen molar-refractivity contribution in [2.45, 2.75) is 36.3 Å². The van der Waals surface area contributed by atoms with Crippen LogP contribution < -0.4 is 5.32 Å². The quantitative estimate of drug-likeness (QED) is 0.643. The average molecular weight is 383 g/mol. The number of benzene rings is 2. The van der Waals surface area contributed by atoms with Gasteiger partial charge in [0.05, 0.1) is 0 Å². The van der Waals surface area contributed by atoms with E-state index in [1.54, 1.807) is 12.1 Å². The lowest BCUT2D eigenvalue weighted by molar-refractivity contribution is -0.120. The van der Waals surface area contributed by atoms with Crippen LogP contribution >= 0.6 is 11.8 Å². The number of thioether (sulfide) groups is 1. The molecular formula is C20H18FN3O2S. The molecule has 2 aromatic carbocycles. The predicted molar refractivity (Wildman–Crippen MR) is 101 cm³/mol. The van der Waals surface area contributed by atoms with Crippen LogP contribution in [0.4, 0.5) is 4.39 Å². The summed E-state index contributed by atoms with van der Waals surface area (Å²) in [6.45, 7) is 1.97. The average Bonchev–Trinajstić information content (AvgIpc) is 3.36. The van der Waals surface area contributed by atoms with Crippen molar-refractivity contribution in [1.82, 2.24) is 15.5 Å². The Balaban J connectivity index is 1.58. The minimum Gasteiger partial charge on any atom is -0.411 e. The first-order chi connectivity index (χ1) is 13.1. The molecule has 0 aliphatic heterocycles. The number of hydrogen-bond acceptors (Lipinski definition) is 5. The number of aryl methyl sites for hydroxylation is 1. The van der Waals surface area contributed by atoms with Crippen LogP contribution in [0.15, 0.2) is 58.2 Å². The summed E-state index contributed by atoms with van der Waals surface area (Å²) in [5, 5.41) is 10.9. The van der Waals surface area contributed by atoms with Crippen molar-refractivity contribution < 1.29 is 13.6 Å². The predicted octanol–water partition coefficient (Wildman–Crippen LogP) is 4.30. The highest BCUT2D eigenvalue weighted by Gasteiger charge is 2.30. The van der Waals surface area contributed by atoms with Gasteiger partial charge in [-0.05, 0) is 60.9 Å². The molecule has 1 heterocycles. The second-order valence-corrected chi connectivity index (χ2v) is 7.58. The molecule has 0 bridgehead atoms. The second kappa shape index (κ2) is 7.52. The summed E-state index contributed by atoms with van der Waals surface area (Å²) in [6, 6.07) is 13.9. The number of carbonyl (C=O) groups excluding carboxylic acids is 1. The molecule has 0 radical (unpaired) electrons. The maximum atomic E-state index is 13.3. The van der Waals surface area contributed by atoms with Gasteiger partial charge in [-0.25, -0.2) is 4.39 Å². The summed E-state index contributed by atoms with van der Waals surface area (Å²) >= 11 is 1.17. The standard InChI is InChI=1S/C20H18FN3O2S/c1-12-4-2-3-5-16(12)19-23-24-20(26-19)27-17(18(25)22-15-10-11-15)13-6-8-14(21)9-7-13/h2-9,15,17H,10-11H2,1H3,(H,22,25). The Labute approximate surface area is 160 Å². The van der Waals surface area contributed by atoms with Gasteiger partial charge in [-0.3, -0.25) is 4.79 Å². The smallest absolute Gasteiger partial charge is 0.277 e. The molecule has 7 heteroatoms. The molecule has 1 aliphatic carbocycles. The van der Waals surface area contributed by atoms with E-state index in [2.05, 4.69) is 15.5 Å². The highest BCUT2D eigenvalue weighted by atomic mass is 32.2. The number of aromatic nitrogens is 2. The van der Waals surface area contributed by atoms with Gasteiger partial charge < -0.3 is 9.73 Å². The van der Waals surface area contributed by atoms with Crippen molar-refractivity contribution in [2.75, 3.05) is 0 Å². The van der Waals surface area contributed by atoms with Crippen molar-refractivity contribution in [2.24, 2.45) is 0 Å². The van der Waals surface area contributed by atoms with E-state index in [0.29, 0.717) is 16.7 Å². The highest BCUT2D eigenvalue weighted by Crippen LogP contribution is 2.37. The molecule has 4 rings (SSSR count). The molecule has 1 atom stereocenters. The van der Waals surface area contributed by atoms with Gasteiger partial charge in [0.25, 0.3) is 5.22 Å². The lowest BCUT2D eigenvalue weighted by Crippen LogP contribution is -2.29. The lowest BCUT2D eigenvalue weighted by atomic mass is 10.1. The molecule has 0 spiro atoms. The minimum atomic E-state index is -0.587. The van der Waals surface area contributed by atoms with Crippen LogP contribution in [0.5, 0.6) is 0 Å². The summed E-state index contributed by atoms with van der Waals surface area (Å²) in [4.78, 5) is 12.7. The number of nitrogens with zero attached hydrogens (tertiary/aromatic N) is 2. The Morgan fingerprint density at radius 3 is 2.63 bits per heavy atom. The van der Waals surface area contributed by atoms with Crippen molar-refractivity contribution in [3.63, 3.8) is 0 Å². The molecule has 1 unspecified atom stereocenters. The maximum Gasteiger partial charge on any atom is 0.277 e. The van der Waals surface area contributed by atoms with Gasteiger partial charge in [-0.2, -0.15) is 0 Å². The second-order valence-electron chi connectivity index (χ2n) is 6.52. The molecule has 1 aromatic heterocycles. The first-order valence-corrected chi connectivity index (χ1v) is 9.60. The molecule has 1 amide bonds. The fourth-order valence-corrected chi connectivity index (χ4v) is 3.58. The van der Waals surface area contributed by atoms with Crippen LogP contribution in [-0.4, -0.2) is 22.1 Å². The van der Waals surface area contributed by atoms with E-state index in [9.17, 15) is 9.18 Å². The van der Waals surface area contributed by atoms with E-state index in [-0.39, 0.29) is 17.8 Å². The topological polar surface area (TPSA) is 68.0 Å². The van der Waals surface area contributed by atoms with Gasteiger partial charge in [0, 0.05) is 11.6 Å². The van der Waals surface area contributed by atoms with Crippen LogP contribution in [0.3, 0.4) is 0 Å². The van der Waals surface area contributed by atoms with Gasteiger partial charge in [0.1, 0.15) is 11.1 Å². The van der Waals surface area contributed by atoms with E-state index >= 15 is 0 Å². The first-order valence-electron chi connectivity index (χ1n) is 8.72. The number of rotatable bonds is 6. The van der Waals surface area contributed by atoms with E-state index in [0.717, 1.165) is 24.0 Å². The van der Waals surface area contributed by atoms with Crippen LogP contribution in [0, 0.1) is 12.7 Å². The number of nitrogens with one attached hydrogen (secondary N) is 1. The molecule has 5 nitrogen and oxygen atoms in total. The number of halogens is 1. The van der Waals surface area contributed by atoms with Crippen LogP contribution in [0.25, 0.3) is 11.5 Å². The number of hydrogen-bond donors (Lipinski definition) is 1. The van der Waals surface area contributed by atoms with Crippen molar-refractivity contribution in [1.29, 1.82) is 0 Å². The summed E-state index contributed by atoms with van der Waals surface area (Å²) in [7, 11) is 0. The van der Waals surface area contributed by atoms with Crippen molar-refractivity contribution in [3.8, 4) is 11.5 Å². The van der Waals surface area contributed by atoms with Gasteiger partial charge in [0.2, 0.25) is 11.8 Å². The molecule has 1 fully saturated rings. The number of carbonyl (C=O) groups is 1. The molecular weight excluding hydrogens is 365 g/mol. The molecule has 1 N–H and O–H groups in total. The summed E-state index contributed by atoms with van der Waals surface area (Å²) in [5.74, 6) is -0.0643. The van der Waals surface area contributed by atoms with E-state index < -0.39 is 5.25 Å². The zero-order valence-electron chi connectivity index (χ0n) is 14.7. The highest BCUT2D eigenvalue weighted by molar-refractivity contribution is 8.00. The Hall–Kier alpha value is -2.67. The van der Waals surface area contributed by atoms with Crippen LogP contribution in [-0.2, 0) is 4.79 Å². The van der Waals surface area contributed by atoms with Crippen molar-refractivity contribution >= 4 is 17.7 Å². The van der Waals surface area contributed by atoms with Crippen molar-refractivity contribution in [3.05, 3.63) is 65.5 Å². The maximum absolute atomic E-state index is 13.3. The molecule has 27 heavy (non-hydrogen) atoms. The summed E-state index contributed by atoms with van der Waals surface area (Å²) in [5.41, 5.74) is 2.58. The minimum absolute atomic E-state index is 0.134. The Morgan fingerprint density at radius 2 is 1.93 bits per heavy atom.